The quantitative estimate of drug-likeness (QED) is 0.337. The summed E-state index contributed by atoms with van der Waals surface area (Å²) in [6, 6.07) is 7.30. The molecule has 0 radical (unpaired) electrons. The molecule has 0 bridgehead atoms. The van der Waals surface area contributed by atoms with E-state index in [4.69, 9.17) is 31.2 Å². The highest BCUT2D eigenvalue weighted by molar-refractivity contribution is 7.22. The van der Waals surface area contributed by atoms with Crippen molar-refractivity contribution in [3.63, 3.8) is 0 Å². The second kappa shape index (κ2) is 10.7. The van der Waals surface area contributed by atoms with Gasteiger partial charge in [0.15, 0.2) is 0 Å². The summed E-state index contributed by atoms with van der Waals surface area (Å²) in [5.41, 5.74) is 4.08. The van der Waals surface area contributed by atoms with Crippen LogP contribution in [0.3, 0.4) is 0 Å². The van der Waals surface area contributed by atoms with E-state index in [1.54, 1.807) is 13.0 Å². The molecule has 10 nitrogen and oxygen atoms in total. The van der Waals surface area contributed by atoms with Crippen LogP contribution < -0.4 is 17.0 Å². The monoisotopic (exact) mass is 572 g/mol. The maximum Gasteiger partial charge on any atom is 0.333 e. The number of nitrogens with zero attached hydrogens (tertiary/aromatic N) is 3. The molecule has 1 amide bonds. The van der Waals surface area contributed by atoms with Crippen LogP contribution in [-0.4, -0.2) is 39.3 Å². The van der Waals surface area contributed by atoms with Gasteiger partial charge in [0, 0.05) is 23.8 Å². The lowest BCUT2D eigenvalue weighted by molar-refractivity contribution is -0.125. The molecule has 1 aliphatic heterocycles. The van der Waals surface area contributed by atoms with E-state index in [2.05, 4.69) is 4.98 Å². The van der Waals surface area contributed by atoms with Gasteiger partial charge in [-0.15, -0.1) is 11.3 Å². The number of nitrogens with two attached hydrogens (primary N) is 1. The Bertz CT molecular complexity index is 1630. The fourth-order valence-electron chi connectivity index (χ4n) is 4.81. The van der Waals surface area contributed by atoms with Crippen molar-refractivity contribution in [3.8, 4) is 10.8 Å². The number of aryl methyl sites for hydroxylation is 1. The van der Waals surface area contributed by atoms with Gasteiger partial charge >= 0.3 is 5.69 Å². The van der Waals surface area contributed by atoms with Gasteiger partial charge in [-0.25, -0.2) is 14.3 Å². The summed E-state index contributed by atoms with van der Waals surface area (Å²) >= 11 is 7.82. The molecule has 1 saturated heterocycles. The summed E-state index contributed by atoms with van der Waals surface area (Å²) in [4.78, 5) is 45.6. The Hall–Kier alpha value is -3.25. The number of carbonyl (C=O) groups is 1. The molecule has 0 saturated carbocycles. The van der Waals surface area contributed by atoms with Crippen molar-refractivity contribution in [1.82, 2.24) is 14.1 Å². The van der Waals surface area contributed by atoms with Crippen molar-refractivity contribution in [2.75, 3.05) is 13.2 Å². The van der Waals surface area contributed by atoms with E-state index in [0.29, 0.717) is 57.8 Å². The lowest BCUT2D eigenvalue weighted by Crippen LogP contribution is -2.54. The first-order valence-electron chi connectivity index (χ1n) is 12.6. The van der Waals surface area contributed by atoms with Crippen LogP contribution in [0.2, 0.25) is 5.02 Å². The molecule has 1 atom stereocenters. The molecule has 0 spiro atoms. The summed E-state index contributed by atoms with van der Waals surface area (Å²) in [7, 11) is 0. The number of fused-ring (bicyclic) bond motifs is 1. The first-order valence-corrected chi connectivity index (χ1v) is 13.8. The largest absolute Gasteiger partial charge is 0.444 e. The van der Waals surface area contributed by atoms with Crippen LogP contribution in [0.5, 0.6) is 0 Å². The van der Waals surface area contributed by atoms with E-state index in [1.165, 1.54) is 42.2 Å². The van der Waals surface area contributed by atoms with Gasteiger partial charge in [-0.2, -0.15) is 0 Å². The van der Waals surface area contributed by atoms with Crippen molar-refractivity contribution >= 4 is 39.1 Å². The SMILES string of the molecule is Cc1c(-c2ncco2)sc2c1c(=O)n(C(C)(C)C(N)=O)c(=O)n2CC(OC1CCOCC1)c1ccccc1Cl. The third-order valence-corrected chi connectivity index (χ3v) is 8.77. The lowest BCUT2D eigenvalue weighted by Gasteiger charge is -2.30. The van der Waals surface area contributed by atoms with Crippen molar-refractivity contribution in [2.24, 2.45) is 5.73 Å². The number of primary amides is 1. The van der Waals surface area contributed by atoms with Gasteiger partial charge in [0.1, 0.15) is 22.7 Å². The topological polar surface area (TPSA) is 132 Å². The molecule has 12 heteroatoms. The van der Waals surface area contributed by atoms with Gasteiger partial charge in [0.05, 0.1) is 29.1 Å². The van der Waals surface area contributed by atoms with Gasteiger partial charge in [0.2, 0.25) is 11.8 Å². The molecule has 1 aromatic carbocycles. The van der Waals surface area contributed by atoms with E-state index in [1.807, 2.05) is 18.2 Å². The number of carbonyl (C=O) groups excluding carboxylic acids is 1. The highest BCUT2D eigenvalue weighted by atomic mass is 35.5. The minimum Gasteiger partial charge on any atom is -0.444 e. The molecule has 206 valence electrons. The summed E-state index contributed by atoms with van der Waals surface area (Å²) < 4.78 is 20.0. The zero-order valence-corrected chi connectivity index (χ0v) is 23.4. The lowest BCUT2D eigenvalue weighted by atomic mass is 10.0. The van der Waals surface area contributed by atoms with Crippen LogP contribution in [0.25, 0.3) is 21.0 Å². The maximum atomic E-state index is 14.1. The van der Waals surface area contributed by atoms with E-state index in [0.717, 1.165) is 4.57 Å². The van der Waals surface area contributed by atoms with E-state index >= 15 is 0 Å². The summed E-state index contributed by atoms with van der Waals surface area (Å²) in [6.07, 6.45) is 3.62. The number of ether oxygens (including phenoxy) is 2. The molecular formula is C27H29ClN4O6S. The summed E-state index contributed by atoms with van der Waals surface area (Å²) in [5, 5.41) is 0.776. The number of hydrogen-bond donors (Lipinski definition) is 1. The Balaban J connectivity index is 1.75. The Morgan fingerprint density at radius 2 is 2.00 bits per heavy atom. The number of amides is 1. The summed E-state index contributed by atoms with van der Waals surface area (Å²) in [5.74, 6) is -0.483. The normalized spacial score (nSPS) is 15.6. The minimum atomic E-state index is -1.59. The van der Waals surface area contributed by atoms with Crippen LogP contribution >= 0.6 is 22.9 Å². The Morgan fingerprint density at radius 3 is 2.64 bits per heavy atom. The molecule has 39 heavy (non-hydrogen) atoms. The van der Waals surface area contributed by atoms with Crippen LogP contribution in [0, 0.1) is 6.92 Å². The van der Waals surface area contributed by atoms with Gasteiger partial charge in [0.25, 0.3) is 5.56 Å². The van der Waals surface area contributed by atoms with Crippen molar-refractivity contribution in [2.45, 2.75) is 57.9 Å². The Labute approximate surface area is 232 Å². The average molecular weight is 573 g/mol. The third-order valence-electron chi connectivity index (χ3n) is 7.13. The second-order valence-corrected chi connectivity index (χ2v) is 11.4. The molecule has 2 N–H and O–H groups in total. The number of benzene rings is 1. The summed E-state index contributed by atoms with van der Waals surface area (Å²) in [6.45, 7) is 5.86. The molecule has 1 aliphatic rings. The molecule has 4 heterocycles. The van der Waals surface area contributed by atoms with Crippen molar-refractivity contribution in [3.05, 3.63) is 73.7 Å². The molecule has 4 aromatic rings. The standard InChI is InChI=1S/C27H29ClN4O6S/c1-15-20-23(33)32(27(2,3)25(29)34)26(35)31(24(20)39-21(15)22-30-10-13-37-22)14-19(17-6-4-5-7-18(17)28)38-16-8-11-36-12-9-16/h4-7,10,13,16,19H,8-9,11-12,14H2,1-3H3,(H2,29,34). The van der Waals surface area contributed by atoms with Gasteiger partial charge in [-0.1, -0.05) is 29.8 Å². The minimum absolute atomic E-state index is 0.0382. The fraction of sp³-hybridized carbons (Fsp3) is 0.407. The zero-order valence-electron chi connectivity index (χ0n) is 21.8. The number of rotatable bonds is 8. The Morgan fingerprint density at radius 1 is 1.28 bits per heavy atom. The third kappa shape index (κ3) is 4.95. The van der Waals surface area contributed by atoms with E-state index in [-0.39, 0.29) is 18.0 Å². The molecule has 1 fully saturated rings. The predicted octanol–water partition coefficient (Wildman–Crippen LogP) is 4.00. The van der Waals surface area contributed by atoms with E-state index < -0.39 is 28.8 Å². The fourth-order valence-corrected chi connectivity index (χ4v) is 6.31. The number of halogens is 1. The first-order chi connectivity index (χ1) is 18.6. The first kappa shape index (κ1) is 27.3. The Kier molecular flexibility index (Phi) is 7.51. The molecule has 1 unspecified atom stereocenters. The predicted molar refractivity (Wildman–Crippen MR) is 148 cm³/mol. The average Bonchev–Trinajstić information content (AvgIpc) is 3.55. The van der Waals surface area contributed by atoms with Crippen LogP contribution in [0.1, 0.15) is 43.9 Å². The number of hydrogen-bond acceptors (Lipinski definition) is 8. The van der Waals surface area contributed by atoms with Crippen LogP contribution in [-0.2, 0) is 26.4 Å². The second-order valence-electron chi connectivity index (χ2n) is 9.99. The van der Waals surface area contributed by atoms with E-state index in [9.17, 15) is 14.4 Å². The van der Waals surface area contributed by atoms with Gasteiger partial charge in [-0.3, -0.25) is 14.2 Å². The number of oxazole rings is 1. The molecule has 0 aliphatic carbocycles. The highest BCUT2D eigenvalue weighted by Crippen LogP contribution is 2.37. The van der Waals surface area contributed by atoms with Gasteiger partial charge < -0.3 is 19.6 Å². The van der Waals surface area contributed by atoms with Crippen molar-refractivity contribution in [1.29, 1.82) is 0 Å². The van der Waals surface area contributed by atoms with Crippen LogP contribution in [0.4, 0.5) is 0 Å². The van der Waals surface area contributed by atoms with Gasteiger partial charge in [-0.05, 0) is 45.2 Å². The highest BCUT2D eigenvalue weighted by Gasteiger charge is 2.35. The molecule has 3 aromatic heterocycles. The van der Waals surface area contributed by atoms with Crippen molar-refractivity contribution < 1.29 is 18.7 Å². The number of aromatic nitrogens is 3. The smallest absolute Gasteiger partial charge is 0.333 e. The number of thiophene rings is 1. The molecule has 5 rings (SSSR count). The zero-order chi connectivity index (χ0) is 27.9. The van der Waals surface area contributed by atoms with Crippen LogP contribution in [0.15, 0.2) is 50.7 Å². The molecular weight excluding hydrogens is 544 g/mol. The maximum absolute atomic E-state index is 14.1.